The first-order valence-electron chi connectivity index (χ1n) is 7.81. The minimum atomic E-state index is 0.0149. The number of aromatic amines is 1. The number of likely N-dealkylation sites (tertiary alicyclic amines) is 1. The minimum absolute atomic E-state index is 0.0149. The monoisotopic (exact) mass is 313 g/mol. The van der Waals surface area contributed by atoms with Gasteiger partial charge in [0, 0.05) is 30.5 Å². The average molecular weight is 313 g/mol. The van der Waals surface area contributed by atoms with Gasteiger partial charge in [-0.05, 0) is 18.2 Å². The predicted octanol–water partition coefficient (Wildman–Crippen LogP) is 1.80. The maximum Gasteiger partial charge on any atom is 0.271 e. The Balaban J connectivity index is 1.52. The highest BCUT2D eigenvalue weighted by Gasteiger charge is 2.39. The van der Waals surface area contributed by atoms with Gasteiger partial charge in [-0.25, -0.2) is 0 Å². The molecule has 0 aliphatic carbocycles. The third-order valence-electron chi connectivity index (χ3n) is 4.70. The van der Waals surface area contributed by atoms with Crippen molar-refractivity contribution in [3.63, 3.8) is 0 Å². The van der Waals surface area contributed by atoms with Crippen molar-refractivity contribution in [2.45, 2.75) is 0 Å². The molecular formula is C17H19N3O3. The number of aromatic nitrogens is 2. The number of carbonyl (C=O) groups is 1. The summed E-state index contributed by atoms with van der Waals surface area (Å²) in [6.07, 6.45) is 0. The van der Waals surface area contributed by atoms with Crippen molar-refractivity contribution < 1.29 is 14.3 Å². The fourth-order valence-corrected chi connectivity index (χ4v) is 3.38. The highest BCUT2D eigenvalue weighted by molar-refractivity contribution is 5.93. The molecule has 2 aliphatic heterocycles. The Hall–Kier alpha value is -2.34. The van der Waals surface area contributed by atoms with Gasteiger partial charge >= 0.3 is 0 Å². The molecule has 4 rings (SSSR count). The van der Waals surface area contributed by atoms with Gasteiger partial charge in [-0.3, -0.25) is 9.89 Å². The Morgan fingerprint density at radius 2 is 2.09 bits per heavy atom. The van der Waals surface area contributed by atoms with E-state index in [9.17, 15) is 4.79 Å². The van der Waals surface area contributed by atoms with Gasteiger partial charge in [0.2, 0.25) is 0 Å². The Bertz CT molecular complexity index is 715. The number of carbonyl (C=O) groups excluding carboxylic acids is 1. The molecule has 0 bridgehead atoms. The first-order chi connectivity index (χ1) is 11.2. The van der Waals surface area contributed by atoms with Crippen LogP contribution in [-0.4, -0.2) is 54.4 Å². The van der Waals surface area contributed by atoms with E-state index in [0.717, 1.165) is 43.3 Å². The number of amides is 1. The fraction of sp³-hybridized carbons (Fsp3) is 0.412. The molecule has 2 atom stereocenters. The van der Waals surface area contributed by atoms with E-state index < -0.39 is 0 Å². The van der Waals surface area contributed by atoms with E-state index in [-0.39, 0.29) is 5.91 Å². The van der Waals surface area contributed by atoms with E-state index in [4.69, 9.17) is 9.47 Å². The molecule has 1 amide bonds. The lowest BCUT2D eigenvalue weighted by Crippen LogP contribution is -2.30. The van der Waals surface area contributed by atoms with Gasteiger partial charge in [0.15, 0.2) is 0 Å². The Morgan fingerprint density at radius 3 is 2.83 bits per heavy atom. The second kappa shape index (κ2) is 5.70. The van der Waals surface area contributed by atoms with Crippen LogP contribution in [0.5, 0.6) is 5.75 Å². The summed E-state index contributed by atoms with van der Waals surface area (Å²) in [5, 5.41) is 7.14. The van der Waals surface area contributed by atoms with Crippen molar-refractivity contribution in [1.82, 2.24) is 15.1 Å². The first-order valence-corrected chi connectivity index (χ1v) is 7.81. The second-order valence-corrected chi connectivity index (χ2v) is 6.17. The number of nitrogens with zero attached hydrogens (tertiary/aromatic N) is 2. The number of hydrogen-bond acceptors (Lipinski definition) is 4. The highest BCUT2D eigenvalue weighted by Crippen LogP contribution is 2.30. The van der Waals surface area contributed by atoms with E-state index in [0.29, 0.717) is 17.5 Å². The number of nitrogens with one attached hydrogen (secondary N) is 1. The van der Waals surface area contributed by atoms with Crippen LogP contribution in [0.3, 0.4) is 0 Å². The smallest absolute Gasteiger partial charge is 0.271 e. The maximum atomic E-state index is 12.6. The van der Waals surface area contributed by atoms with E-state index >= 15 is 0 Å². The van der Waals surface area contributed by atoms with Crippen LogP contribution in [-0.2, 0) is 4.74 Å². The lowest BCUT2D eigenvalue weighted by Gasteiger charge is -2.15. The zero-order valence-electron chi connectivity index (χ0n) is 13.0. The number of benzene rings is 1. The van der Waals surface area contributed by atoms with Gasteiger partial charge in [-0.1, -0.05) is 12.1 Å². The van der Waals surface area contributed by atoms with Gasteiger partial charge in [0.1, 0.15) is 11.4 Å². The van der Waals surface area contributed by atoms with Crippen LogP contribution in [0.4, 0.5) is 0 Å². The van der Waals surface area contributed by atoms with Crippen LogP contribution in [0.1, 0.15) is 10.5 Å². The quantitative estimate of drug-likeness (QED) is 0.938. The fourth-order valence-electron chi connectivity index (χ4n) is 3.38. The molecule has 1 aromatic carbocycles. The number of rotatable bonds is 3. The van der Waals surface area contributed by atoms with Gasteiger partial charge in [-0.2, -0.15) is 5.10 Å². The Kier molecular flexibility index (Phi) is 3.53. The van der Waals surface area contributed by atoms with Crippen LogP contribution in [0.25, 0.3) is 11.3 Å². The molecule has 1 aromatic heterocycles. The number of fused-ring (bicyclic) bond motifs is 1. The number of ether oxygens (including phenoxy) is 2. The normalized spacial score (nSPS) is 23.1. The maximum absolute atomic E-state index is 12.6. The van der Waals surface area contributed by atoms with Crippen LogP contribution < -0.4 is 4.74 Å². The summed E-state index contributed by atoms with van der Waals surface area (Å²) < 4.78 is 10.7. The average Bonchev–Trinajstić information content (AvgIpc) is 3.29. The minimum Gasteiger partial charge on any atom is -0.497 e. The summed E-state index contributed by atoms with van der Waals surface area (Å²) in [5.41, 5.74) is 2.20. The predicted molar refractivity (Wildman–Crippen MR) is 84.3 cm³/mol. The van der Waals surface area contributed by atoms with Gasteiger partial charge in [0.25, 0.3) is 5.91 Å². The largest absolute Gasteiger partial charge is 0.497 e. The zero-order valence-corrected chi connectivity index (χ0v) is 13.0. The molecular weight excluding hydrogens is 294 g/mol. The molecule has 2 saturated heterocycles. The lowest BCUT2D eigenvalue weighted by atomic mass is 10.0. The summed E-state index contributed by atoms with van der Waals surface area (Å²) in [7, 11) is 1.63. The number of methoxy groups -OCH3 is 1. The Labute approximate surface area is 134 Å². The molecule has 6 heteroatoms. The van der Waals surface area contributed by atoms with Crippen molar-refractivity contribution in [1.29, 1.82) is 0 Å². The van der Waals surface area contributed by atoms with E-state index in [1.807, 2.05) is 35.2 Å². The summed E-state index contributed by atoms with van der Waals surface area (Å²) in [6.45, 7) is 3.09. The summed E-state index contributed by atoms with van der Waals surface area (Å²) in [5.74, 6) is 1.76. The highest BCUT2D eigenvalue weighted by atomic mass is 16.5. The summed E-state index contributed by atoms with van der Waals surface area (Å²) in [6, 6.07) is 9.45. The van der Waals surface area contributed by atoms with Gasteiger partial charge < -0.3 is 14.4 Å². The first kappa shape index (κ1) is 14.3. The molecule has 2 aromatic rings. The lowest BCUT2D eigenvalue weighted by molar-refractivity contribution is 0.0745. The van der Waals surface area contributed by atoms with Crippen molar-refractivity contribution in [2.75, 3.05) is 33.4 Å². The topological polar surface area (TPSA) is 67.4 Å². The molecule has 0 spiro atoms. The van der Waals surface area contributed by atoms with Crippen LogP contribution in [0.15, 0.2) is 30.3 Å². The van der Waals surface area contributed by atoms with Crippen molar-refractivity contribution >= 4 is 5.91 Å². The van der Waals surface area contributed by atoms with Crippen LogP contribution in [0.2, 0.25) is 0 Å². The molecule has 6 nitrogen and oxygen atoms in total. The molecule has 2 fully saturated rings. The van der Waals surface area contributed by atoms with Gasteiger partial charge in [0.05, 0.1) is 26.0 Å². The van der Waals surface area contributed by atoms with Crippen molar-refractivity contribution in [3.8, 4) is 17.0 Å². The van der Waals surface area contributed by atoms with Crippen LogP contribution >= 0.6 is 0 Å². The van der Waals surface area contributed by atoms with E-state index in [1.165, 1.54) is 0 Å². The van der Waals surface area contributed by atoms with Crippen LogP contribution in [0, 0.1) is 11.8 Å². The van der Waals surface area contributed by atoms with Crippen molar-refractivity contribution in [2.24, 2.45) is 11.8 Å². The molecule has 3 heterocycles. The molecule has 23 heavy (non-hydrogen) atoms. The zero-order chi connectivity index (χ0) is 15.8. The molecule has 0 radical (unpaired) electrons. The Morgan fingerprint density at radius 1 is 1.30 bits per heavy atom. The summed E-state index contributed by atoms with van der Waals surface area (Å²) >= 11 is 0. The number of hydrogen-bond donors (Lipinski definition) is 1. The molecule has 0 saturated carbocycles. The third-order valence-corrected chi connectivity index (χ3v) is 4.70. The standard InChI is InChI=1S/C17H19N3O3/c1-22-14-4-2-3-11(5-14)15-6-16(19-18-15)17(21)20-7-12-9-23-10-13(12)8-20/h2-6,12-13H,7-10H2,1H3,(H,18,19)/t12-,13+. The van der Waals surface area contributed by atoms with E-state index in [1.54, 1.807) is 7.11 Å². The number of H-pyrrole nitrogens is 1. The molecule has 0 unspecified atom stereocenters. The van der Waals surface area contributed by atoms with E-state index in [2.05, 4.69) is 10.2 Å². The summed E-state index contributed by atoms with van der Waals surface area (Å²) in [4.78, 5) is 14.5. The van der Waals surface area contributed by atoms with Crippen molar-refractivity contribution in [3.05, 3.63) is 36.0 Å². The molecule has 2 aliphatic rings. The molecule has 120 valence electrons. The van der Waals surface area contributed by atoms with Gasteiger partial charge in [-0.15, -0.1) is 0 Å². The SMILES string of the molecule is COc1cccc(-c2cc(C(=O)N3C[C@H]4COC[C@H]4C3)[nH]n2)c1. The second-order valence-electron chi connectivity index (χ2n) is 6.17. The molecule has 1 N–H and O–H groups in total. The third kappa shape index (κ3) is 2.59.